The Morgan fingerprint density at radius 3 is 2.47 bits per heavy atom. The van der Waals surface area contributed by atoms with Gasteiger partial charge in [-0.05, 0) is 44.5 Å². The summed E-state index contributed by atoms with van der Waals surface area (Å²) in [6.45, 7) is 12.6. The first-order chi connectivity index (χ1) is 17.2. The Morgan fingerprint density at radius 2 is 1.81 bits per heavy atom. The largest absolute Gasteiger partial charge is 0.491 e. The lowest BCUT2D eigenvalue weighted by atomic mass is 10.0. The second-order valence-electron chi connectivity index (χ2n) is 9.39. The van der Waals surface area contributed by atoms with Crippen LogP contribution < -0.4 is 26.0 Å². The predicted octanol–water partition coefficient (Wildman–Crippen LogP) is 1.06. The molecule has 0 unspecified atom stereocenters. The molecule has 10 heteroatoms. The van der Waals surface area contributed by atoms with E-state index < -0.39 is 18.0 Å². The van der Waals surface area contributed by atoms with Gasteiger partial charge in [-0.2, -0.15) is 0 Å². The molecule has 0 radical (unpaired) electrons. The summed E-state index contributed by atoms with van der Waals surface area (Å²) in [5.74, 6) is -1.30. The molecule has 2 rings (SSSR count). The Balaban J connectivity index is 2.27. The highest BCUT2D eigenvalue weighted by atomic mass is 16.5. The minimum absolute atomic E-state index is 0.0292. The fourth-order valence-electron chi connectivity index (χ4n) is 3.93. The van der Waals surface area contributed by atoms with Gasteiger partial charge in [0.1, 0.15) is 24.4 Å². The van der Waals surface area contributed by atoms with Crippen LogP contribution in [0, 0.1) is 5.92 Å². The zero-order valence-corrected chi connectivity index (χ0v) is 22.1. The normalized spacial score (nSPS) is 21.9. The molecule has 0 saturated carbocycles. The third-order valence-corrected chi connectivity index (χ3v) is 6.18. The minimum Gasteiger partial charge on any atom is -0.491 e. The van der Waals surface area contributed by atoms with Gasteiger partial charge in [-0.3, -0.25) is 19.2 Å². The van der Waals surface area contributed by atoms with E-state index >= 15 is 0 Å². The van der Waals surface area contributed by atoms with Crippen LogP contribution in [0.25, 0.3) is 0 Å². The highest BCUT2D eigenvalue weighted by molar-refractivity contribution is 5.99. The monoisotopic (exact) mass is 503 g/mol. The Labute approximate surface area is 213 Å². The van der Waals surface area contributed by atoms with E-state index in [1.807, 2.05) is 13.8 Å². The first-order valence-corrected chi connectivity index (χ1v) is 12.8. The predicted molar refractivity (Wildman–Crippen MR) is 138 cm³/mol. The number of rotatable bonds is 7. The Kier molecular flexibility index (Phi) is 11.7. The topological polar surface area (TPSA) is 129 Å². The molecule has 36 heavy (non-hydrogen) atoms. The first kappa shape index (κ1) is 29.1. The van der Waals surface area contributed by atoms with Crippen LogP contribution in [-0.4, -0.2) is 79.4 Å². The maximum Gasteiger partial charge on any atom is 0.255 e. The average molecular weight is 504 g/mol. The maximum absolute atomic E-state index is 13.1. The number of fused-ring (bicyclic) bond motifs is 1. The van der Waals surface area contributed by atoms with E-state index in [4.69, 9.17) is 4.74 Å². The van der Waals surface area contributed by atoms with Crippen LogP contribution in [0.3, 0.4) is 0 Å². The van der Waals surface area contributed by atoms with Crippen molar-refractivity contribution in [3.05, 3.63) is 29.8 Å². The van der Waals surface area contributed by atoms with E-state index in [0.29, 0.717) is 18.8 Å². The SMILES string of the molecule is CCN(CC)CCNC(=O)[C@@H]1CCC(=O)N[C@H](C(C)C)C(=O)N[C@@H](C)COc2ccccc2C(=O)N1. The molecule has 3 atom stereocenters. The molecule has 1 aliphatic heterocycles. The molecule has 200 valence electrons. The van der Waals surface area contributed by atoms with Crippen LogP contribution in [0.4, 0.5) is 0 Å². The second kappa shape index (κ2) is 14.4. The minimum atomic E-state index is -0.927. The quantitative estimate of drug-likeness (QED) is 0.441. The van der Waals surface area contributed by atoms with Gasteiger partial charge >= 0.3 is 0 Å². The molecule has 0 spiro atoms. The number of hydrogen-bond donors (Lipinski definition) is 4. The molecule has 4 amide bonds. The third-order valence-electron chi connectivity index (χ3n) is 6.18. The standard InChI is InChI=1S/C26H41N5O5/c1-6-31(7-2)15-14-27-25(34)20-12-13-22(32)30-23(17(3)4)26(35)28-18(5)16-36-21-11-9-8-10-19(21)24(33)29-20/h8-11,17-18,20,23H,6-7,12-16H2,1-5H3,(H,27,34)(H,28,35)(H,29,33)(H,30,32)/t18-,20-,23+/m0/s1. The van der Waals surface area contributed by atoms with Crippen LogP contribution in [0.5, 0.6) is 5.75 Å². The fourth-order valence-corrected chi connectivity index (χ4v) is 3.93. The number of amides is 4. The van der Waals surface area contributed by atoms with E-state index in [1.54, 1.807) is 31.2 Å². The highest BCUT2D eigenvalue weighted by Gasteiger charge is 2.28. The van der Waals surface area contributed by atoms with Crippen LogP contribution in [0.15, 0.2) is 24.3 Å². The van der Waals surface area contributed by atoms with Gasteiger partial charge in [-0.1, -0.05) is 39.8 Å². The van der Waals surface area contributed by atoms with Crippen LogP contribution in [-0.2, 0) is 14.4 Å². The van der Waals surface area contributed by atoms with Crippen molar-refractivity contribution in [3.8, 4) is 5.75 Å². The summed E-state index contributed by atoms with van der Waals surface area (Å²) in [6, 6.07) is 4.73. The lowest BCUT2D eigenvalue weighted by molar-refractivity contribution is -0.131. The molecule has 1 heterocycles. The zero-order chi connectivity index (χ0) is 26.7. The van der Waals surface area contributed by atoms with Crippen molar-refractivity contribution in [2.24, 2.45) is 5.92 Å². The van der Waals surface area contributed by atoms with E-state index in [1.165, 1.54) is 0 Å². The van der Waals surface area contributed by atoms with Crippen LogP contribution in [0.1, 0.15) is 57.8 Å². The molecule has 0 aromatic heterocycles. The third kappa shape index (κ3) is 8.82. The van der Waals surface area contributed by atoms with Gasteiger partial charge in [0.05, 0.1) is 11.6 Å². The zero-order valence-electron chi connectivity index (χ0n) is 22.1. The summed E-state index contributed by atoms with van der Waals surface area (Å²) in [5, 5.41) is 11.3. The summed E-state index contributed by atoms with van der Waals surface area (Å²) < 4.78 is 5.85. The van der Waals surface area contributed by atoms with Gasteiger partial charge in [0, 0.05) is 19.5 Å². The lowest BCUT2D eigenvalue weighted by Crippen LogP contribution is -2.53. The summed E-state index contributed by atoms with van der Waals surface area (Å²) in [4.78, 5) is 53.9. The molecule has 0 saturated heterocycles. The Morgan fingerprint density at radius 1 is 1.11 bits per heavy atom. The van der Waals surface area contributed by atoms with Gasteiger partial charge in [-0.25, -0.2) is 0 Å². The lowest BCUT2D eigenvalue weighted by Gasteiger charge is -2.24. The molecule has 1 aromatic rings. The molecule has 10 nitrogen and oxygen atoms in total. The van der Waals surface area contributed by atoms with Crippen LogP contribution >= 0.6 is 0 Å². The number of carbonyl (C=O) groups is 4. The Bertz CT molecular complexity index is 902. The van der Waals surface area contributed by atoms with E-state index in [9.17, 15) is 19.2 Å². The molecule has 4 N–H and O–H groups in total. The Hall–Kier alpha value is -3.14. The maximum atomic E-state index is 13.1. The number of nitrogens with zero attached hydrogens (tertiary/aromatic N) is 1. The molecule has 0 fully saturated rings. The number of hydrogen-bond acceptors (Lipinski definition) is 6. The van der Waals surface area contributed by atoms with Crippen molar-refractivity contribution in [3.63, 3.8) is 0 Å². The number of para-hydroxylation sites is 1. The second-order valence-corrected chi connectivity index (χ2v) is 9.39. The highest BCUT2D eigenvalue weighted by Crippen LogP contribution is 2.19. The van der Waals surface area contributed by atoms with Crippen molar-refractivity contribution in [2.45, 2.75) is 65.6 Å². The van der Waals surface area contributed by atoms with E-state index in [2.05, 4.69) is 40.0 Å². The van der Waals surface area contributed by atoms with Crippen molar-refractivity contribution < 1.29 is 23.9 Å². The smallest absolute Gasteiger partial charge is 0.255 e. The van der Waals surface area contributed by atoms with Gasteiger partial charge in [0.25, 0.3) is 5.91 Å². The van der Waals surface area contributed by atoms with Gasteiger partial charge < -0.3 is 30.9 Å². The van der Waals surface area contributed by atoms with Gasteiger partial charge in [0.15, 0.2) is 0 Å². The number of benzene rings is 1. The van der Waals surface area contributed by atoms with Crippen molar-refractivity contribution in [2.75, 3.05) is 32.8 Å². The number of likely N-dealkylation sites (N-methyl/N-ethyl adjacent to an activating group) is 1. The summed E-state index contributed by atoms with van der Waals surface area (Å²) in [6.07, 6.45) is 0.0547. The van der Waals surface area contributed by atoms with Crippen LogP contribution in [0.2, 0.25) is 0 Å². The van der Waals surface area contributed by atoms with Gasteiger partial charge in [0.2, 0.25) is 17.7 Å². The average Bonchev–Trinajstić information content (AvgIpc) is 2.85. The molecular formula is C26H41N5O5. The molecule has 1 aliphatic rings. The number of carbonyl (C=O) groups excluding carboxylic acids is 4. The fraction of sp³-hybridized carbons (Fsp3) is 0.615. The molecule has 1 aromatic carbocycles. The van der Waals surface area contributed by atoms with Crippen molar-refractivity contribution in [1.82, 2.24) is 26.2 Å². The molecule has 0 bridgehead atoms. The van der Waals surface area contributed by atoms with Crippen molar-refractivity contribution >= 4 is 23.6 Å². The molecule has 0 aliphatic carbocycles. The first-order valence-electron chi connectivity index (χ1n) is 12.8. The van der Waals surface area contributed by atoms with Gasteiger partial charge in [-0.15, -0.1) is 0 Å². The van der Waals surface area contributed by atoms with E-state index in [0.717, 1.165) is 13.1 Å². The number of nitrogens with one attached hydrogen (secondary N) is 4. The summed E-state index contributed by atoms with van der Waals surface area (Å²) >= 11 is 0. The summed E-state index contributed by atoms with van der Waals surface area (Å²) in [7, 11) is 0. The molecular weight excluding hydrogens is 462 g/mol. The van der Waals surface area contributed by atoms with E-state index in [-0.39, 0.29) is 54.7 Å². The van der Waals surface area contributed by atoms with Crippen molar-refractivity contribution in [1.29, 1.82) is 0 Å². The number of ether oxygens (including phenoxy) is 1. The summed E-state index contributed by atoms with van der Waals surface area (Å²) in [5.41, 5.74) is 0.274.